The lowest BCUT2D eigenvalue weighted by atomic mass is 10.1. The highest BCUT2D eigenvalue weighted by atomic mass is 19.1. The highest BCUT2D eigenvalue weighted by Gasteiger charge is 2.37. The average molecular weight is 376 g/mol. The van der Waals surface area contributed by atoms with Gasteiger partial charge in [0.25, 0.3) is 11.8 Å². The summed E-state index contributed by atoms with van der Waals surface area (Å²) in [5, 5.41) is 6.30. The van der Waals surface area contributed by atoms with Gasteiger partial charge in [-0.05, 0) is 36.4 Å². The molecule has 28 heavy (non-hydrogen) atoms. The fourth-order valence-corrected chi connectivity index (χ4v) is 2.81. The Morgan fingerprint density at radius 1 is 0.964 bits per heavy atom. The number of rotatable bonds is 3. The predicted octanol–water partition coefficient (Wildman–Crippen LogP) is 2.68. The van der Waals surface area contributed by atoms with Gasteiger partial charge in [0, 0.05) is 11.8 Å². The smallest absolute Gasteiger partial charge is 0.273 e. The Hall–Kier alpha value is -4.07. The number of carbonyl (C=O) groups is 3. The molecule has 1 aliphatic heterocycles. The SMILES string of the molecule is O=C1NC(=O)N(c2cccc(F)c2)C(=O)/C1=C/c1cnn(-c2ccccc2)c1. The summed E-state index contributed by atoms with van der Waals surface area (Å²) in [5.74, 6) is -2.27. The number of barbiturate groups is 1. The first-order valence-electron chi connectivity index (χ1n) is 8.30. The number of benzene rings is 2. The molecule has 0 bridgehead atoms. The van der Waals surface area contributed by atoms with E-state index in [4.69, 9.17) is 0 Å². The third-order valence-electron chi connectivity index (χ3n) is 4.10. The normalized spacial score (nSPS) is 15.8. The van der Waals surface area contributed by atoms with Gasteiger partial charge in [-0.3, -0.25) is 14.9 Å². The molecule has 4 amide bonds. The van der Waals surface area contributed by atoms with Gasteiger partial charge in [0.2, 0.25) is 0 Å². The first-order valence-corrected chi connectivity index (χ1v) is 8.30. The molecule has 1 aliphatic rings. The minimum atomic E-state index is -0.933. The molecule has 0 radical (unpaired) electrons. The standard InChI is InChI=1S/C20H13FN4O3/c21-14-5-4-8-16(10-14)25-19(27)17(18(26)23-20(25)28)9-13-11-22-24(12-13)15-6-2-1-3-7-15/h1-12H,(H,23,26,28)/b17-9+. The second-order valence-corrected chi connectivity index (χ2v) is 5.99. The zero-order valence-electron chi connectivity index (χ0n) is 14.4. The van der Waals surface area contributed by atoms with E-state index in [1.807, 2.05) is 30.3 Å². The van der Waals surface area contributed by atoms with E-state index in [9.17, 15) is 18.8 Å². The Bertz CT molecular complexity index is 1120. The molecule has 7 nitrogen and oxygen atoms in total. The van der Waals surface area contributed by atoms with Crippen LogP contribution in [-0.4, -0.2) is 27.6 Å². The maximum Gasteiger partial charge on any atom is 0.335 e. The van der Waals surface area contributed by atoms with Gasteiger partial charge >= 0.3 is 6.03 Å². The average Bonchev–Trinajstić information content (AvgIpc) is 3.14. The summed E-state index contributed by atoms with van der Waals surface area (Å²) in [4.78, 5) is 37.8. The number of imide groups is 2. The van der Waals surface area contributed by atoms with Gasteiger partial charge in [0.1, 0.15) is 11.4 Å². The van der Waals surface area contributed by atoms with Crippen LogP contribution in [0, 0.1) is 5.82 Å². The van der Waals surface area contributed by atoms with Crippen LogP contribution < -0.4 is 10.2 Å². The molecule has 1 N–H and O–H groups in total. The van der Waals surface area contributed by atoms with Crippen molar-refractivity contribution in [3.8, 4) is 5.69 Å². The topological polar surface area (TPSA) is 84.3 Å². The van der Waals surface area contributed by atoms with Gasteiger partial charge in [-0.2, -0.15) is 5.10 Å². The van der Waals surface area contributed by atoms with Crippen LogP contribution in [0.3, 0.4) is 0 Å². The fourth-order valence-electron chi connectivity index (χ4n) is 2.81. The Labute approximate surface area is 158 Å². The van der Waals surface area contributed by atoms with Gasteiger partial charge in [-0.15, -0.1) is 0 Å². The van der Waals surface area contributed by atoms with Crippen molar-refractivity contribution in [2.75, 3.05) is 4.90 Å². The summed E-state index contributed by atoms with van der Waals surface area (Å²) < 4.78 is 15.1. The van der Waals surface area contributed by atoms with Crippen molar-refractivity contribution < 1.29 is 18.8 Å². The number of hydrogen-bond acceptors (Lipinski definition) is 4. The first kappa shape index (κ1) is 17.3. The number of amides is 4. The maximum atomic E-state index is 13.5. The molecule has 3 aromatic rings. The Morgan fingerprint density at radius 2 is 1.71 bits per heavy atom. The van der Waals surface area contributed by atoms with Crippen molar-refractivity contribution in [1.82, 2.24) is 15.1 Å². The van der Waals surface area contributed by atoms with Gasteiger partial charge in [-0.1, -0.05) is 24.3 Å². The fraction of sp³-hybridized carbons (Fsp3) is 0. The number of carbonyl (C=O) groups excluding carboxylic acids is 3. The molecule has 0 unspecified atom stereocenters. The van der Waals surface area contributed by atoms with E-state index < -0.39 is 23.7 Å². The van der Waals surface area contributed by atoms with Crippen LogP contribution in [0.5, 0.6) is 0 Å². The largest absolute Gasteiger partial charge is 0.335 e. The van der Waals surface area contributed by atoms with E-state index in [-0.39, 0.29) is 11.3 Å². The monoisotopic (exact) mass is 376 g/mol. The highest BCUT2D eigenvalue weighted by Crippen LogP contribution is 2.22. The zero-order valence-corrected chi connectivity index (χ0v) is 14.4. The van der Waals surface area contributed by atoms with Crippen molar-refractivity contribution in [3.63, 3.8) is 0 Å². The molecule has 0 aliphatic carbocycles. The van der Waals surface area contributed by atoms with Gasteiger partial charge in [0.15, 0.2) is 0 Å². The lowest BCUT2D eigenvalue weighted by Crippen LogP contribution is -2.54. The van der Waals surface area contributed by atoms with Crippen LogP contribution in [-0.2, 0) is 9.59 Å². The molecule has 4 rings (SSSR count). The first-order chi connectivity index (χ1) is 13.5. The molecule has 0 saturated carbocycles. The Morgan fingerprint density at radius 3 is 2.46 bits per heavy atom. The highest BCUT2D eigenvalue weighted by molar-refractivity contribution is 6.39. The van der Waals surface area contributed by atoms with E-state index in [0.717, 1.165) is 16.7 Å². The van der Waals surface area contributed by atoms with E-state index in [1.54, 1.807) is 10.9 Å². The van der Waals surface area contributed by atoms with Crippen LogP contribution in [0.25, 0.3) is 11.8 Å². The van der Waals surface area contributed by atoms with Crippen LogP contribution >= 0.6 is 0 Å². The summed E-state index contributed by atoms with van der Waals surface area (Å²) in [6.07, 6.45) is 4.47. The number of aromatic nitrogens is 2. The van der Waals surface area contributed by atoms with Gasteiger partial charge in [-0.25, -0.2) is 18.8 Å². The lowest BCUT2D eigenvalue weighted by Gasteiger charge is -2.26. The van der Waals surface area contributed by atoms with Crippen LogP contribution in [0.15, 0.2) is 72.6 Å². The van der Waals surface area contributed by atoms with Crippen molar-refractivity contribution in [2.24, 2.45) is 0 Å². The zero-order chi connectivity index (χ0) is 19.7. The predicted molar refractivity (Wildman–Crippen MR) is 99.0 cm³/mol. The number of anilines is 1. The van der Waals surface area contributed by atoms with Crippen molar-refractivity contribution in [1.29, 1.82) is 0 Å². The summed E-state index contributed by atoms with van der Waals surface area (Å²) in [5.41, 5.74) is 1.08. The second-order valence-electron chi connectivity index (χ2n) is 5.99. The molecule has 8 heteroatoms. The Kier molecular flexibility index (Phi) is 4.29. The number of halogens is 1. The molecule has 138 valence electrons. The minimum absolute atomic E-state index is 0.0286. The summed E-state index contributed by atoms with van der Waals surface area (Å²) in [6.45, 7) is 0. The number of nitrogens with one attached hydrogen (secondary N) is 1. The molecule has 1 fully saturated rings. The molecule has 1 aromatic heterocycles. The summed E-state index contributed by atoms with van der Waals surface area (Å²) in [6, 6.07) is 13.4. The van der Waals surface area contributed by atoms with Crippen LogP contribution in [0.4, 0.5) is 14.9 Å². The molecular formula is C20H13FN4O3. The van der Waals surface area contributed by atoms with Gasteiger partial charge in [0.05, 0.1) is 17.6 Å². The molecule has 2 heterocycles. The molecule has 1 saturated heterocycles. The number of nitrogens with zero attached hydrogens (tertiary/aromatic N) is 3. The third-order valence-corrected chi connectivity index (χ3v) is 4.10. The van der Waals surface area contributed by atoms with Crippen molar-refractivity contribution in [2.45, 2.75) is 0 Å². The minimum Gasteiger partial charge on any atom is -0.273 e. The number of urea groups is 1. The maximum absolute atomic E-state index is 13.5. The van der Waals surface area contributed by atoms with E-state index in [1.165, 1.54) is 30.5 Å². The lowest BCUT2D eigenvalue weighted by molar-refractivity contribution is -0.122. The van der Waals surface area contributed by atoms with Crippen LogP contribution in [0.2, 0.25) is 0 Å². The third kappa shape index (κ3) is 3.18. The Balaban J connectivity index is 1.69. The number of para-hydroxylation sites is 1. The quantitative estimate of drug-likeness (QED) is 0.563. The summed E-state index contributed by atoms with van der Waals surface area (Å²) >= 11 is 0. The summed E-state index contributed by atoms with van der Waals surface area (Å²) in [7, 11) is 0. The van der Waals surface area contributed by atoms with Crippen molar-refractivity contribution in [3.05, 3.63) is 83.9 Å². The van der Waals surface area contributed by atoms with Gasteiger partial charge < -0.3 is 0 Å². The molecule has 0 spiro atoms. The van der Waals surface area contributed by atoms with E-state index in [0.29, 0.717) is 5.56 Å². The van der Waals surface area contributed by atoms with Crippen LogP contribution in [0.1, 0.15) is 5.56 Å². The van der Waals surface area contributed by atoms with E-state index in [2.05, 4.69) is 10.4 Å². The second kappa shape index (κ2) is 6.92. The van der Waals surface area contributed by atoms with E-state index >= 15 is 0 Å². The molecular weight excluding hydrogens is 363 g/mol. The molecule has 2 aromatic carbocycles. The van der Waals surface area contributed by atoms with Crippen molar-refractivity contribution >= 4 is 29.6 Å². The molecule has 0 atom stereocenters. The number of hydrogen-bond donors (Lipinski definition) is 1.